The summed E-state index contributed by atoms with van der Waals surface area (Å²) in [5, 5.41) is 2.91. The molecule has 2 aromatic heterocycles. The molecule has 10 heteroatoms. The van der Waals surface area contributed by atoms with Crippen LogP contribution in [0.1, 0.15) is 42.6 Å². The Morgan fingerprint density at radius 2 is 1.85 bits per heavy atom. The van der Waals surface area contributed by atoms with Crippen LogP contribution in [0.3, 0.4) is 0 Å². The molecule has 2 fully saturated rings. The maximum atomic E-state index is 13.8. The van der Waals surface area contributed by atoms with Gasteiger partial charge in [-0.15, -0.1) is 0 Å². The highest BCUT2D eigenvalue weighted by atomic mass is 16.2. The van der Waals surface area contributed by atoms with Gasteiger partial charge in [-0.2, -0.15) is 0 Å². The number of fused-ring (bicyclic) bond motifs is 1. The number of ketones is 1. The molecule has 2 aliphatic heterocycles. The SMILES string of the molecule is CC(C)CC(NC(=O)c1ccc(-n2ccnc2)cc1)C(=O)N1CCC2C1C(=O)CN2C(=O)Cc1cccnc1. The van der Waals surface area contributed by atoms with Crippen LogP contribution in [0.15, 0.2) is 67.5 Å². The molecule has 2 aliphatic rings. The molecule has 4 heterocycles. The first-order valence-corrected chi connectivity index (χ1v) is 13.2. The Morgan fingerprint density at radius 3 is 2.51 bits per heavy atom. The Morgan fingerprint density at radius 1 is 1.05 bits per heavy atom. The van der Waals surface area contributed by atoms with Crippen molar-refractivity contribution in [3.63, 3.8) is 0 Å². The number of aromatic nitrogens is 3. The molecule has 10 nitrogen and oxygen atoms in total. The first kappa shape index (κ1) is 26.3. The molecule has 0 spiro atoms. The van der Waals surface area contributed by atoms with Crippen molar-refractivity contribution >= 4 is 23.5 Å². The van der Waals surface area contributed by atoms with Crippen molar-refractivity contribution < 1.29 is 19.2 Å². The Balaban J connectivity index is 1.27. The summed E-state index contributed by atoms with van der Waals surface area (Å²) >= 11 is 0. The average Bonchev–Trinajstić information content (AvgIpc) is 3.68. The van der Waals surface area contributed by atoms with Gasteiger partial charge in [0.15, 0.2) is 5.78 Å². The van der Waals surface area contributed by atoms with E-state index in [2.05, 4.69) is 15.3 Å². The van der Waals surface area contributed by atoms with E-state index in [1.807, 2.05) is 42.8 Å². The van der Waals surface area contributed by atoms with Gasteiger partial charge in [-0.1, -0.05) is 19.9 Å². The molecule has 2 saturated heterocycles. The third-order valence-corrected chi connectivity index (χ3v) is 7.35. The quantitative estimate of drug-likeness (QED) is 0.478. The summed E-state index contributed by atoms with van der Waals surface area (Å²) < 4.78 is 1.83. The van der Waals surface area contributed by atoms with Gasteiger partial charge in [-0.05, 0) is 54.7 Å². The number of Topliss-reactive ketones (excluding diaryl/α,β-unsaturated/α-hetero) is 1. The lowest BCUT2D eigenvalue weighted by Crippen LogP contribution is -2.53. The predicted molar refractivity (Wildman–Crippen MR) is 143 cm³/mol. The molecule has 3 aromatic rings. The molecular formula is C29H32N6O4. The largest absolute Gasteiger partial charge is 0.340 e. The van der Waals surface area contributed by atoms with Gasteiger partial charge < -0.3 is 19.7 Å². The highest BCUT2D eigenvalue weighted by Crippen LogP contribution is 2.31. The van der Waals surface area contributed by atoms with Gasteiger partial charge in [0.05, 0.1) is 25.3 Å². The fourth-order valence-electron chi connectivity index (χ4n) is 5.50. The van der Waals surface area contributed by atoms with Crippen LogP contribution in [0.25, 0.3) is 5.69 Å². The van der Waals surface area contributed by atoms with Crippen LogP contribution in [0, 0.1) is 5.92 Å². The molecule has 3 unspecified atom stereocenters. The number of carbonyl (C=O) groups excluding carboxylic acids is 4. The minimum Gasteiger partial charge on any atom is -0.340 e. The number of imidazole rings is 1. The van der Waals surface area contributed by atoms with Gasteiger partial charge in [-0.3, -0.25) is 24.2 Å². The van der Waals surface area contributed by atoms with E-state index in [1.54, 1.807) is 52.9 Å². The van der Waals surface area contributed by atoms with Crippen molar-refractivity contribution in [2.24, 2.45) is 5.92 Å². The lowest BCUT2D eigenvalue weighted by atomic mass is 10.0. The van der Waals surface area contributed by atoms with Gasteiger partial charge >= 0.3 is 0 Å². The van der Waals surface area contributed by atoms with Crippen LogP contribution < -0.4 is 5.32 Å². The Hall–Kier alpha value is -4.34. The van der Waals surface area contributed by atoms with Crippen LogP contribution in [0.2, 0.25) is 0 Å². The third kappa shape index (κ3) is 5.59. The number of hydrogen-bond donors (Lipinski definition) is 1. The number of nitrogens with zero attached hydrogens (tertiary/aromatic N) is 5. The number of amides is 3. The fraction of sp³-hybridized carbons (Fsp3) is 0.379. The maximum absolute atomic E-state index is 13.8. The molecular weight excluding hydrogens is 496 g/mol. The predicted octanol–water partition coefficient (Wildman–Crippen LogP) is 2.04. The molecule has 39 heavy (non-hydrogen) atoms. The maximum Gasteiger partial charge on any atom is 0.251 e. The minimum atomic E-state index is -0.780. The van der Waals surface area contributed by atoms with Crippen molar-refractivity contribution in [2.75, 3.05) is 13.1 Å². The van der Waals surface area contributed by atoms with Crippen molar-refractivity contribution in [3.05, 3.63) is 78.6 Å². The standard InChI is InChI=1S/C29H32N6O4/c1-19(2)14-23(32-28(38)21-5-7-22(8-6-21)33-13-11-31-18-33)29(39)34-12-9-24-27(34)25(36)17-35(24)26(37)15-20-4-3-10-30-16-20/h3-8,10-11,13,16,18-19,23-24,27H,9,12,14-15,17H2,1-2H3,(H,32,38). The monoisotopic (exact) mass is 528 g/mol. The summed E-state index contributed by atoms with van der Waals surface area (Å²) in [7, 11) is 0. The molecule has 202 valence electrons. The first-order chi connectivity index (χ1) is 18.8. The van der Waals surface area contributed by atoms with Crippen LogP contribution in [-0.2, 0) is 20.8 Å². The summed E-state index contributed by atoms with van der Waals surface area (Å²) in [6.07, 6.45) is 9.57. The number of nitrogens with one attached hydrogen (secondary N) is 1. The van der Waals surface area contributed by atoms with E-state index in [9.17, 15) is 19.2 Å². The highest BCUT2D eigenvalue weighted by Gasteiger charge is 2.52. The topological polar surface area (TPSA) is 118 Å². The van der Waals surface area contributed by atoms with E-state index in [-0.39, 0.29) is 48.4 Å². The Labute approximate surface area is 227 Å². The molecule has 1 aromatic carbocycles. The second-order valence-electron chi connectivity index (χ2n) is 10.5. The Kier molecular flexibility index (Phi) is 7.53. The lowest BCUT2D eigenvalue weighted by molar-refractivity contribution is -0.138. The molecule has 0 radical (unpaired) electrons. The second kappa shape index (κ2) is 11.2. The summed E-state index contributed by atoms with van der Waals surface area (Å²) in [6.45, 7) is 4.32. The van der Waals surface area contributed by atoms with E-state index in [0.29, 0.717) is 24.9 Å². The zero-order valence-electron chi connectivity index (χ0n) is 22.1. The summed E-state index contributed by atoms with van der Waals surface area (Å²) in [4.78, 5) is 64.3. The zero-order valence-corrected chi connectivity index (χ0v) is 22.1. The number of likely N-dealkylation sites (tertiary alicyclic amines) is 2. The van der Waals surface area contributed by atoms with Crippen molar-refractivity contribution in [3.8, 4) is 5.69 Å². The van der Waals surface area contributed by atoms with Gasteiger partial charge in [0.2, 0.25) is 11.8 Å². The number of rotatable bonds is 8. The van der Waals surface area contributed by atoms with Crippen molar-refractivity contribution in [2.45, 2.75) is 51.2 Å². The summed E-state index contributed by atoms with van der Waals surface area (Å²) in [5.41, 5.74) is 2.08. The van der Waals surface area contributed by atoms with E-state index in [4.69, 9.17) is 0 Å². The van der Waals surface area contributed by atoms with E-state index in [1.165, 1.54) is 0 Å². The minimum absolute atomic E-state index is 0.0112. The van der Waals surface area contributed by atoms with Crippen LogP contribution in [-0.4, -0.2) is 79.1 Å². The summed E-state index contributed by atoms with van der Waals surface area (Å²) in [6, 6.07) is 8.83. The number of carbonyl (C=O) groups is 4. The van der Waals surface area contributed by atoms with Crippen LogP contribution in [0.4, 0.5) is 0 Å². The molecule has 3 atom stereocenters. The number of pyridine rings is 1. The van der Waals surface area contributed by atoms with E-state index >= 15 is 0 Å². The van der Waals surface area contributed by atoms with E-state index < -0.39 is 12.1 Å². The zero-order chi connectivity index (χ0) is 27.5. The number of hydrogen-bond acceptors (Lipinski definition) is 6. The highest BCUT2D eigenvalue weighted by molar-refractivity contribution is 6.01. The summed E-state index contributed by atoms with van der Waals surface area (Å²) in [5.74, 6) is -0.792. The van der Waals surface area contributed by atoms with Crippen molar-refractivity contribution in [1.82, 2.24) is 29.7 Å². The molecule has 0 bridgehead atoms. The molecule has 3 amide bonds. The fourth-order valence-corrected chi connectivity index (χ4v) is 5.50. The van der Waals surface area contributed by atoms with Gasteiger partial charge in [0, 0.05) is 42.6 Å². The van der Waals surface area contributed by atoms with E-state index in [0.717, 1.165) is 11.3 Å². The van der Waals surface area contributed by atoms with Gasteiger partial charge in [0.1, 0.15) is 12.1 Å². The van der Waals surface area contributed by atoms with Gasteiger partial charge in [0.25, 0.3) is 5.91 Å². The number of benzene rings is 1. The Bertz CT molecular complexity index is 1340. The first-order valence-electron chi connectivity index (χ1n) is 13.2. The normalized spacial score (nSPS) is 19.3. The van der Waals surface area contributed by atoms with Gasteiger partial charge in [-0.25, -0.2) is 4.98 Å². The lowest BCUT2D eigenvalue weighted by Gasteiger charge is -2.29. The average molecular weight is 529 g/mol. The molecule has 0 aliphatic carbocycles. The molecule has 5 rings (SSSR count). The molecule has 1 N–H and O–H groups in total. The van der Waals surface area contributed by atoms with Crippen LogP contribution >= 0.6 is 0 Å². The second-order valence-corrected chi connectivity index (χ2v) is 10.5. The van der Waals surface area contributed by atoms with Crippen molar-refractivity contribution in [1.29, 1.82) is 0 Å². The van der Waals surface area contributed by atoms with Crippen LogP contribution in [0.5, 0.6) is 0 Å². The third-order valence-electron chi connectivity index (χ3n) is 7.35. The molecule has 0 saturated carbocycles. The smallest absolute Gasteiger partial charge is 0.251 e.